The van der Waals surface area contributed by atoms with Crippen molar-refractivity contribution in [2.45, 2.75) is 47.1 Å². The number of guanidine groups is 1. The smallest absolute Gasteiger partial charge is 0.191 e. The molecule has 0 aromatic heterocycles. The van der Waals surface area contributed by atoms with Gasteiger partial charge in [-0.2, -0.15) is 0 Å². The molecule has 1 atom stereocenters. The van der Waals surface area contributed by atoms with Gasteiger partial charge in [0.1, 0.15) is 0 Å². The fraction of sp³-hybridized carbons (Fsp3) is 0.917. The molecule has 1 rings (SSSR count). The second kappa shape index (κ2) is 6.67. The van der Waals surface area contributed by atoms with E-state index in [0.29, 0.717) is 17.4 Å². The van der Waals surface area contributed by atoms with E-state index in [1.807, 2.05) is 0 Å². The molecule has 0 saturated heterocycles. The number of nitrogens with zero attached hydrogens (tertiary/aromatic N) is 1. The molecular weight excluding hydrogens is 313 g/mol. The molecule has 1 fully saturated rings. The molecule has 0 aliphatic heterocycles. The largest absolute Gasteiger partial charge is 0.357 e. The second-order valence-corrected chi connectivity index (χ2v) is 5.50. The van der Waals surface area contributed by atoms with Gasteiger partial charge in [0.15, 0.2) is 5.96 Å². The van der Waals surface area contributed by atoms with Gasteiger partial charge in [-0.25, -0.2) is 0 Å². The van der Waals surface area contributed by atoms with E-state index in [0.717, 1.165) is 19.0 Å². The first-order valence-corrected chi connectivity index (χ1v) is 6.00. The minimum Gasteiger partial charge on any atom is -0.357 e. The van der Waals surface area contributed by atoms with Crippen LogP contribution in [0.25, 0.3) is 0 Å². The lowest BCUT2D eigenvalue weighted by atomic mass is 10.2. The van der Waals surface area contributed by atoms with E-state index >= 15 is 0 Å². The van der Waals surface area contributed by atoms with Crippen LogP contribution in [-0.4, -0.2) is 25.1 Å². The normalized spacial score (nSPS) is 22.6. The van der Waals surface area contributed by atoms with Crippen molar-refractivity contribution in [3.05, 3.63) is 0 Å². The molecule has 1 saturated carbocycles. The van der Waals surface area contributed by atoms with E-state index in [1.54, 1.807) is 0 Å². The van der Waals surface area contributed by atoms with E-state index < -0.39 is 0 Å². The maximum absolute atomic E-state index is 4.55. The first-order chi connectivity index (χ1) is 6.95. The number of nitrogens with one attached hydrogen (secondary N) is 2. The Kier molecular flexibility index (Phi) is 6.67. The van der Waals surface area contributed by atoms with Crippen LogP contribution in [0.3, 0.4) is 0 Å². The van der Waals surface area contributed by atoms with Gasteiger partial charge in [0.2, 0.25) is 0 Å². The van der Waals surface area contributed by atoms with Crippen LogP contribution >= 0.6 is 24.0 Å². The van der Waals surface area contributed by atoms with Gasteiger partial charge in [0.25, 0.3) is 0 Å². The third kappa shape index (κ3) is 5.37. The zero-order valence-electron chi connectivity index (χ0n) is 11.1. The summed E-state index contributed by atoms with van der Waals surface area (Å²) in [5.41, 5.74) is 0.452. The van der Waals surface area contributed by atoms with Gasteiger partial charge in [-0.3, -0.25) is 4.99 Å². The highest BCUT2D eigenvalue weighted by atomic mass is 127. The Labute approximate surface area is 117 Å². The van der Waals surface area contributed by atoms with Crippen LogP contribution < -0.4 is 10.6 Å². The number of hydrogen-bond acceptors (Lipinski definition) is 1. The Morgan fingerprint density at radius 1 is 1.44 bits per heavy atom. The zero-order chi connectivity index (χ0) is 11.5. The number of aliphatic imine (C=N–C) groups is 1. The molecule has 0 spiro atoms. The number of halogens is 1. The van der Waals surface area contributed by atoms with Gasteiger partial charge < -0.3 is 10.6 Å². The van der Waals surface area contributed by atoms with Crippen molar-refractivity contribution >= 4 is 29.9 Å². The van der Waals surface area contributed by atoms with Crippen LogP contribution in [0.2, 0.25) is 0 Å². The standard InChI is InChI=1S/C12H25N3.HI/c1-6-13-11(14-8-9(2)3)15-10-7-12(10,4)5;/h9-10H,6-8H2,1-5H3,(H2,13,14,15);1H. The van der Waals surface area contributed by atoms with Gasteiger partial charge in [0, 0.05) is 19.1 Å². The van der Waals surface area contributed by atoms with Crippen molar-refractivity contribution in [2.75, 3.05) is 13.1 Å². The first kappa shape index (κ1) is 16.0. The van der Waals surface area contributed by atoms with E-state index in [9.17, 15) is 0 Å². The van der Waals surface area contributed by atoms with Crippen molar-refractivity contribution < 1.29 is 0 Å². The lowest BCUT2D eigenvalue weighted by Crippen LogP contribution is -2.40. The third-order valence-corrected chi connectivity index (χ3v) is 2.78. The van der Waals surface area contributed by atoms with Crippen molar-refractivity contribution in [1.82, 2.24) is 10.6 Å². The third-order valence-electron chi connectivity index (χ3n) is 2.78. The Morgan fingerprint density at radius 3 is 2.38 bits per heavy atom. The van der Waals surface area contributed by atoms with Crippen molar-refractivity contribution in [3.8, 4) is 0 Å². The van der Waals surface area contributed by atoms with E-state index in [4.69, 9.17) is 0 Å². The highest BCUT2D eigenvalue weighted by Gasteiger charge is 2.46. The van der Waals surface area contributed by atoms with Crippen LogP contribution in [-0.2, 0) is 0 Å². The molecule has 0 amide bonds. The summed E-state index contributed by atoms with van der Waals surface area (Å²) in [5, 5.41) is 6.76. The molecular formula is C12H26IN3. The lowest BCUT2D eigenvalue weighted by molar-refractivity contribution is 0.586. The fourth-order valence-electron chi connectivity index (χ4n) is 1.47. The van der Waals surface area contributed by atoms with Crippen molar-refractivity contribution in [2.24, 2.45) is 16.3 Å². The Bertz CT molecular complexity index is 236. The van der Waals surface area contributed by atoms with E-state index in [1.165, 1.54) is 6.42 Å². The highest BCUT2D eigenvalue weighted by molar-refractivity contribution is 14.0. The molecule has 0 bridgehead atoms. The number of rotatable bonds is 4. The highest BCUT2D eigenvalue weighted by Crippen LogP contribution is 2.44. The predicted octanol–water partition coefficient (Wildman–Crippen LogP) is 2.61. The van der Waals surface area contributed by atoms with Gasteiger partial charge >= 0.3 is 0 Å². The second-order valence-electron chi connectivity index (χ2n) is 5.50. The summed E-state index contributed by atoms with van der Waals surface area (Å²) in [6.07, 6.45) is 1.25. The minimum absolute atomic E-state index is 0. The van der Waals surface area contributed by atoms with Crippen LogP contribution in [0.4, 0.5) is 0 Å². The van der Waals surface area contributed by atoms with Crippen LogP contribution in [0.5, 0.6) is 0 Å². The summed E-state index contributed by atoms with van der Waals surface area (Å²) < 4.78 is 0. The summed E-state index contributed by atoms with van der Waals surface area (Å²) >= 11 is 0. The van der Waals surface area contributed by atoms with Gasteiger partial charge in [-0.05, 0) is 24.7 Å². The molecule has 1 aliphatic carbocycles. The Hall–Kier alpha value is 0. The molecule has 4 heteroatoms. The summed E-state index contributed by atoms with van der Waals surface area (Å²) in [7, 11) is 0. The maximum atomic E-state index is 4.55. The van der Waals surface area contributed by atoms with E-state index in [-0.39, 0.29) is 24.0 Å². The monoisotopic (exact) mass is 339 g/mol. The van der Waals surface area contributed by atoms with Crippen LogP contribution in [0, 0.1) is 11.3 Å². The van der Waals surface area contributed by atoms with Gasteiger partial charge in [-0.15, -0.1) is 24.0 Å². The maximum Gasteiger partial charge on any atom is 0.191 e. The average Bonchev–Trinajstić information content (AvgIpc) is 2.70. The zero-order valence-corrected chi connectivity index (χ0v) is 13.5. The first-order valence-electron chi connectivity index (χ1n) is 6.00. The summed E-state index contributed by atoms with van der Waals surface area (Å²) in [6.45, 7) is 12.9. The topological polar surface area (TPSA) is 36.4 Å². The molecule has 3 nitrogen and oxygen atoms in total. The SMILES string of the molecule is CCNC(=NCC(C)C)NC1CC1(C)C.I. The summed E-state index contributed by atoms with van der Waals surface area (Å²) in [5.74, 6) is 1.59. The van der Waals surface area contributed by atoms with Gasteiger partial charge in [0.05, 0.1) is 0 Å². The molecule has 16 heavy (non-hydrogen) atoms. The molecule has 0 aromatic carbocycles. The molecule has 1 unspecified atom stereocenters. The predicted molar refractivity (Wildman–Crippen MR) is 81.6 cm³/mol. The molecule has 96 valence electrons. The molecule has 0 aromatic rings. The summed E-state index contributed by atoms with van der Waals surface area (Å²) in [4.78, 5) is 4.55. The summed E-state index contributed by atoms with van der Waals surface area (Å²) in [6, 6.07) is 0.600. The van der Waals surface area contributed by atoms with Crippen LogP contribution in [0.1, 0.15) is 41.0 Å². The molecule has 2 N–H and O–H groups in total. The average molecular weight is 339 g/mol. The van der Waals surface area contributed by atoms with Gasteiger partial charge in [-0.1, -0.05) is 27.7 Å². The van der Waals surface area contributed by atoms with E-state index in [2.05, 4.69) is 50.2 Å². The number of hydrogen-bond donors (Lipinski definition) is 2. The van der Waals surface area contributed by atoms with Crippen LogP contribution in [0.15, 0.2) is 4.99 Å². The minimum atomic E-state index is 0. The lowest BCUT2D eigenvalue weighted by Gasteiger charge is -2.13. The molecule has 0 radical (unpaired) electrons. The fourth-order valence-corrected chi connectivity index (χ4v) is 1.47. The van der Waals surface area contributed by atoms with Crippen molar-refractivity contribution in [1.29, 1.82) is 0 Å². The van der Waals surface area contributed by atoms with Crippen molar-refractivity contribution in [3.63, 3.8) is 0 Å². The molecule has 1 aliphatic rings. The Balaban J connectivity index is 0.00000225. The quantitative estimate of drug-likeness (QED) is 0.469. The molecule has 0 heterocycles. The Morgan fingerprint density at radius 2 is 2.00 bits per heavy atom.